The van der Waals surface area contributed by atoms with Crippen LogP contribution in [0, 0.1) is 19.3 Å². The van der Waals surface area contributed by atoms with Crippen LogP contribution >= 0.6 is 11.3 Å². The SMILES string of the molecule is Cc1ccc(-c2csc(C3=C(O)CN(c4ccc5c(c4)OCCO5)C3=N)n2)cc1C. The number of ether oxygens (including phenoxy) is 2. The molecule has 0 atom stereocenters. The van der Waals surface area contributed by atoms with Crippen LogP contribution < -0.4 is 14.4 Å². The molecule has 0 saturated heterocycles. The van der Waals surface area contributed by atoms with Crippen LogP contribution in [0.2, 0.25) is 0 Å². The third-order valence-corrected chi connectivity index (χ3v) is 6.32. The summed E-state index contributed by atoms with van der Waals surface area (Å²) in [5.74, 6) is 1.73. The number of fused-ring (bicyclic) bond motifs is 1. The summed E-state index contributed by atoms with van der Waals surface area (Å²) >= 11 is 1.44. The van der Waals surface area contributed by atoms with Crippen molar-refractivity contribution in [3.05, 3.63) is 63.7 Å². The molecule has 0 spiro atoms. The van der Waals surface area contributed by atoms with Gasteiger partial charge in [0.05, 0.1) is 17.8 Å². The number of rotatable bonds is 3. The highest BCUT2D eigenvalue weighted by Crippen LogP contribution is 2.38. The van der Waals surface area contributed by atoms with Crippen LogP contribution in [-0.2, 0) is 0 Å². The average Bonchev–Trinajstić information content (AvgIpc) is 3.34. The first-order valence-electron chi connectivity index (χ1n) is 9.73. The Morgan fingerprint density at radius 1 is 1.03 bits per heavy atom. The number of aliphatic hydroxyl groups is 1. The van der Waals surface area contributed by atoms with Crippen molar-refractivity contribution in [1.29, 1.82) is 5.41 Å². The number of aliphatic hydroxyl groups excluding tert-OH is 1. The van der Waals surface area contributed by atoms with Gasteiger partial charge in [-0.05, 0) is 43.2 Å². The third-order valence-electron chi connectivity index (χ3n) is 5.46. The summed E-state index contributed by atoms with van der Waals surface area (Å²) in [5, 5.41) is 22.0. The molecule has 0 unspecified atom stereocenters. The zero-order valence-corrected chi connectivity index (χ0v) is 17.5. The van der Waals surface area contributed by atoms with Crippen LogP contribution in [0.15, 0.2) is 47.5 Å². The highest BCUT2D eigenvalue weighted by atomic mass is 32.1. The molecule has 152 valence electrons. The summed E-state index contributed by atoms with van der Waals surface area (Å²) in [6.45, 7) is 5.43. The third kappa shape index (κ3) is 3.11. The van der Waals surface area contributed by atoms with E-state index in [9.17, 15) is 5.11 Å². The van der Waals surface area contributed by atoms with E-state index >= 15 is 0 Å². The first-order chi connectivity index (χ1) is 14.5. The smallest absolute Gasteiger partial charge is 0.163 e. The van der Waals surface area contributed by atoms with E-state index in [1.807, 2.05) is 23.6 Å². The van der Waals surface area contributed by atoms with Gasteiger partial charge in [-0.25, -0.2) is 4.98 Å². The second-order valence-corrected chi connectivity index (χ2v) is 8.28. The molecule has 0 amide bonds. The Balaban J connectivity index is 1.43. The van der Waals surface area contributed by atoms with E-state index < -0.39 is 0 Å². The summed E-state index contributed by atoms with van der Waals surface area (Å²) in [6.07, 6.45) is 0. The maximum absolute atomic E-state index is 10.7. The molecule has 0 fully saturated rings. The zero-order valence-electron chi connectivity index (χ0n) is 16.7. The van der Waals surface area contributed by atoms with E-state index in [1.54, 1.807) is 4.90 Å². The molecule has 3 heterocycles. The van der Waals surface area contributed by atoms with Crippen LogP contribution in [0.1, 0.15) is 16.1 Å². The summed E-state index contributed by atoms with van der Waals surface area (Å²) in [5.41, 5.74) is 5.59. The van der Waals surface area contributed by atoms with E-state index in [0.717, 1.165) is 16.9 Å². The maximum Gasteiger partial charge on any atom is 0.163 e. The average molecular weight is 420 g/mol. The molecule has 7 heteroatoms. The van der Waals surface area contributed by atoms with Crippen LogP contribution in [-0.4, -0.2) is 35.7 Å². The molecular weight excluding hydrogens is 398 g/mol. The number of aryl methyl sites for hydroxylation is 2. The van der Waals surface area contributed by atoms with Crippen LogP contribution in [0.3, 0.4) is 0 Å². The van der Waals surface area contributed by atoms with Gasteiger partial charge in [0, 0.05) is 22.7 Å². The Kier molecular flexibility index (Phi) is 4.47. The summed E-state index contributed by atoms with van der Waals surface area (Å²) < 4.78 is 11.2. The molecule has 2 aliphatic rings. The topological polar surface area (TPSA) is 78.7 Å². The van der Waals surface area contributed by atoms with Crippen molar-refractivity contribution in [2.75, 3.05) is 24.7 Å². The van der Waals surface area contributed by atoms with Crippen molar-refractivity contribution in [1.82, 2.24) is 4.98 Å². The van der Waals surface area contributed by atoms with Crippen molar-refractivity contribution in [3.8, 4) is 22.8 Å². The van der Waals surface area contributed by atoms with Gasteiger partial charge in [0.15, 0.2) is 11.5 Å². The normalized spacial score (nSPS) is 15.8. The molecule has 0 bridgehead atoms. The highest BCUT2D eigenvalue weighted by Gasteiger charge is 2.32. The minimum Gasteiger partial charge on any atom is -0.510 e. The lowest BCUT2D eigenvalue weighted by atomic mass is 10.1. The fraction of sp³-hybridized carbons (Fsp3) is 0.217. The zero-order chi connectivity index (χ0) is 20.8. The number of amidine groups is 1. The number of thiazole rings is 1. The summed E-state index contributed by atoms with van der Waals surface area (Å²) in [4.78, 5) is 6.47. The number of aromatic nitrogens is 1. The van der Waals surface area contributed by atoms with Gasteiger partial charge in [-0.1, -0.05) is 12.1 Å². The van der Waals surface area contributed by atoms with E-state index in [0.29, 0.717) is 35.3 Å². The molecule has 30 heavy (non-hydrogen) atoms. The number of benzene rings is 2. The molecule has 1 aromatic heterocycles. The maximum atomic E-state index is 10.7. The van der Waals surface area contributed by atoms with Crippen LogP contribution in [0.4, 0.5) is 5.69 Å². The Bertz CT molecular complexity index is 1200. The van der Waals surface area contributed by atoms with E-state index in [1.165, 1.54) is 22.5 Å². The molecular formula is C23H21N3O3S. The Morgan fingerprint density at radius 2 is 1.83 bits per heavy atom. The number of hydrogen-bond donors (Lipinski definition) is 2. The van der Waals surface area contributed by atoms with E-state index in [-0.39, 0.29) is 18.1 Å². The molecule has 0 aliphatic carbocycles. The largest absolute Gasteiger partial charge is 0.510 e. The van der Waals surface area contributed by atoms with Crippen LogP contribution in [0.5, 0.6) is 11.5 Å². The quantitative estimate of drug-likeness (QED) is 0.627. The Labute approximate surface area is 178 Å². The lowest BCUT2D eigenvalue weighted by Crippen LogP contribution is -2.26. The highest BCUT2D eigenvalue weighted by molar-refractivity contribution is 7.11. The molecule has 5 rings (SSSR count). The minimum absolute atomic E-state index is 0.149. The molecule has 2 aromatic carbocycles. The molecule has 6 nitrogen and oxygen atoms in total. The van der Waals surface area contributed by atoms with Gasteiger partial charge in [0.25, 0.3) is 0 Å². The molecule has 2 N–H and O–H groups in total. The van der Waals surface area contributed by atoms with Crippen molar-refractivity contribution in [2.24, 2.45) is 0 Å². The second-order valence-electron chi connectivity index (χ2n) is 7.42. The molecule has 0 saturated carbocycles. The van der Waals surface area contributed by atoms with E-state index in [2.05, 4.69) is 32.0 Å². The number of nitrogens with zero attached hydrogens (tertiary/aromatic N) is 2. The molecule has 0 radical (unpaired) electrons. The predicted octanol–water partition coefficient (Wildman–Crippen LogP) is 4.96. The second kappa shape index (κ2) is 7.18. The monoisotopic (exact) mass is 419 g/mol. The molecule has 3 aromatic rings. The Hall–Kier alpha value is -3.32. The summed E-state index contributed by atoms with van der Waals surface area (Å²) in [6, 6.07) is 11.8. The fourth-order valence-electron chi connectivity index (χ4n) is 3.65. The molecule has 2 aliphatic heterocycles. The summed E-state index contributed by atoms with van der Waals surface area (Å²) in [7, 11) is 0. The van der Waals surface area contributed by atoms with Gasteiger partial charge in [0.2, 0.25) is 0 Å². The van der Waals surface area contributed by atoms with Crippen molar-refractivity contribution in [2.45, 2.75) is 13.8 Å². The van der Waals surface area contributed by atoms with Gasteiger partial charge in [0.1, 0.15) is 29.8 Å². The minimum atomic E-state index is 0.149. The van der Waals surface area contributed by atoms with Crippen molar-refractivity contribution < 1.29 is 14.6 Å². The van der Waals surface area contributed by atoms with Gasteiger partial charge in [-0.15, -0.1) is 11.3 Å². The number of nitrogens with one attached hydrogen (secondary N) is 1. The fourth-order valence-corrected chi connectivity index (χ4v) is 4.54. The standard InChI is InChI=1S/C23H21N3O3S/c1-13-3-4-15(9-14(13)2)17-12-30-23(25-17)21-18(27)11-26(22(21)24)16-5-6-19-20(10-16)29-8-7-28-19/h3-6,9-10,12,24,27H,7-8,11H2,1-2H3. The van der Waals surface area contributed by atoms with Gasteiger partial charge in [-0.2, -0.15) is 0 Å². The first-order valence-corrected chi connectivity index (χ1v) is 10.6. The van der Waals surface area contributed by atoms with Crippen molar-refractivity contribution in [3.63, 3.8) is 0 Å². The number of anilines is 1. The predicted molar refractivity (Wildman–Crippen MR) is 119 cm³/mol. The van der Waals surface area contributed by atoms with Crippen LogP contribution in [0.25, 0.3) is 16.8 Å². The van der Waals surface area contributed by atoms with Gasteiger partial charge in [-0.3, -0.25) is 5.41 Å². The Morgan fingerprint density at radius 3 is 2.63 bits per heavy atom. The van der Waals surface area contributed by atoms with Gasteiger partial charge >= 0.3 is 0 Å². The lowest BCUT2D eigenvalue weighted by Gasteiger charge is -2.23. The lowest BCUT2D eigenvalue weighted by molar-refractivity contribution is 0.171. The first kappa shape index (κ1) is 18.7. The number of hydrogen-bond acceptors (Lipinski definition) is 6. The van der Waals surface area contributed by atoms with E-state index in [4.69, 9.17) is 19.9 Å². The van der Waals surface area contributed by atoms with Gasteiger partial charge < -0.3 is 19.5 Å². The van der Waals surface area contributed by atoms with Crippen molar-refractivity contribution >= 4 is 28.4 Å².